The number of hydrogen-bond donors (Lipinski definition) is 1. The molecule has 1 fully saturated rings. The summed E-state index contributed by atoms with van der Waals surface area (Å²) in [4.78, 5) is 14.4. The fourth-order valence-corrected chi connectivity index (χ4v) is 3.13. The molecule has 1 aromatic carbocycles. The second-order valence-electron chi connectivity index (χ2n) is 5.88. The van der Waals surface area contributed by atoms with Crippen LogP contribution in [-0.4, -0.2) is 42.6 Å². The zero-order valence-corrected chi connectivity index (χ0v) is 13.8. The minimum atomic E-state index is -0.0649. The van der Waals surface area contributed by atoms with Crippen molar-refractivity contribution in [2.45, 2.75) is 12.8 Å². The van der Waals surface area contributed by atoms with Gasteiger partial charge in [0.15, 0.2) is 11.5 Å². The number of piperidine rings is 1. The van der Waals surface area contributed by atoms with E-state index >= 15 is 0 Å². The van der Waals surface area contributed by atoms with Crippen molar-refractivity contribution in [3.8, 4) is 11.3 Å². The van der Waals surface area contributed by atoms with Gasteiger partial charge in [0.05, 0.1) is 0 Å². The zero-order chi connectivity index (χ0) is 16.2. The molecule has 1 saturated heterocycles. The first-order chi connectivity index (χ1) is 11.2. The third-order valence-electron chi connectivity index (χ3n) is 4.23. The average molecular weight is 334 g/mol. The van der Waals surface area contributed by atoms with Crippen molar-refractivity contribution in [2.24, 2.45) is 5.92 Å². The van der Waals surface area contributed by atoms with Crippen molar-refractivity contribution >= 4 is 17.5 Å². The van der Waals surface area contributed by atoms with E-state index in [4.69, 9.17) is 16.1 Å². The van der Waals surface area contributed by atoms with Crippen LogP contribution in [0.4, 0.5) is 0 Å². The largest absolute Gasteiger partial charge is 0.355 e. The third-order valence-corrected chi connectivity index (χ3v) is 4.47. The Morgan fingerprint density at radius 3 is 2.87 bits per heavy atom. The maximum atomic E-state index is 12.5. The molecule has 2 heterocycles. The molecule has 122 valence electrons. The van der Waals surface area contributed by atoms with Crippen LogP contribution in [0.3, 0.4) is 0 Å². The molecule has 1 amide bonds. The number of carbonyl (C=O) groups excluding carboxylic acids is 1. The van der Waals surface area contributed by atoms with Gasteiger partial charge in [-0.25, -0.2) is 0 Å². The molecule has 1 aliphatic heterocycles. The first-order valence-electron chi connectivity index (χ1n) is 7.84. The molecule has 0 bridgehead atoms. The Balaban J connectivity index is 1.67. The van der Waals surface area contributed by atoms with Crippen molar-refractivity contribution in [3.63, 3.8) is 0 Å². The summed E-state index contributed by atoms with van der Waals surface area (Å²) in [5.74, 6) is 1.13. The number of rotatable bonds is 4. The summed E-state index contributed by atoms with van der Waals surface area (Å²) < 4.78 is 5.31. The van der Waals surface area contributed by atoms with Crippen LogP contribution < -0.4 is 5.32 Å². The van der Waals surface area contributed by atoms with Crippen LogP contribution >= 0.6 is 11.6 Å². The first kappa shape index (κ1) is 16.0. The smallest absolute Gasteiger partial charge is 0.276 e. The van der Waals surface area contributed by atoms with Crippen LogP contribution in [0.5, 0.6) is 0 Å². The Kier molecular flexibility index (Phi) is 4.98. The molecule has 0 saturated carbocycles. The number of amides is 1. The Morgan fingerprint density at radius 2 is 2.17 bits per heavy atom. The molecular formula is C17H20ClN3O2. The molecule has 6 heteroatoms. The minimum absolute atomic E-state index is 0.0649. The number of aromatic nitrogens is 1. The van der Waals surface area contributed by atoms with Gasteiger partial charge in [0.25, 0.3) is 5.91 Å². The molecule has 1 N–H and O–H groups in total. The molecule has 23 heavy (non-hydrogen) atoms. The lowest BCUT2D eigenvalue weighted by molar-refractivity contribution is 0.0680. The Hall–Kier alpha value is -1.85. The quantitative estimate of drug-likeness (QED) is 0.934. The van der Waals surface area contributed by atoms with Gasteiger partial charge < -0.3 is 14.7 Å². The second kappa shape index (κ2) is 7.15. The van der Waals surface area contributed by atoms with Gasteiger partial charge in [0, 0.05) is 29.7 Å². The van der Waals surface area contributed by atoms with Crippen molar-refractivity contribution in [1.29, 1.82) is 0 Å². The highest BCUT2D eigenvalue weighted by molar-refractivity contribution is 6.30. The summed E-state index contributed by atoms with van der Waals surface area (Å²) in [5, 5.41) is 7.75. The van der Waals surface area contributed by atoms with Crippen LogP contribution in [0.25, 0.3) is 11.3 Å². The van der Waals surface area contributed by atoms with Gasteiger partial charge >= 0.3 is 0 Å². The molecule has 1 aliphatic rings. The van der Waals surface area contributed by atoms with Crippen molar-refractivity contribution in [2.75, 3.05) is 26.7 Å². The normalized spacial score (nSPS) is 15.8. The SMILES string of the molecule is CNCC1CCN(C(=O)c2cc(-c3cccc(Cl)c3)on2)CC1. The molecule has 0 aliphatic carbocycles. The molecule has 0 unspecified atom stereocenters. The number of benzene rings is 1. The summed E-state index contributed by atoms with van der Waals surface area (Å²) >= 11 is 5.98. The lowest BCUT2D eigenvalue weighted by atomic mass is 9.96. The number of nitrogens with zero attached hydrogens (tertiary/aromatic N) is 2. The van der Waals surface area contributed by atoms with Gasteiger partial charge in [-0.3, -0.25) is 4.79 Å². The summed E-state index contributed by atoms with van der Waals surface area (Å²) in [6.07, 6.45) is 2.04. The van der Waals surface area contributed by atoms with E-state index in [2.05, 4.69) is 10.5 Å². The molecule has 0 atom stereocenters. The van der Waals surface area contributed by atoms with Gasteiger partial charge in [-0.1, -0.05) is 28.9 Å². The summed E-state index contributed by atoms with van der Waals surface area (Å²) in [7, 11) is 1.96. The van der Waals surface area contributed by atoms with Crippen LogP contribution in [0, 0.1) is 5.92 Å². The fourth-order valence-electron chi connectivity index (χ4n) is 2.94. The number of halogens is 1. The standard InChI is InChI=1S/C17H20ClN3O2/c1-19-11-12-5-7-21(8-6-12)17(22)15-10-16(23-20-15)13-3-2-4-14(18)9-13/h2-4,9-10,12,19H,5-8,11H2,1H3. The predicted molar refractivity (Wildman–Crippen MR) is 89.5 cm³/mol. The number of hydrogen-bond acceptors (Lipinski definition) is 4. The van der Waals surface area contributed by atoms with Crippen molar-refractivity contribution in [1.82, 2.24) is 15.4 Å². The molecule has 1 aromatic heterocycles. The van der Waals surface area contributed by atoms with E-state index in [1.165, 1.54) is 0 Å². The van der Waals surface area contributed by atoms with Crippen LogP contribution in [0.1, 0.15) is 23.3 Å². The van der Waals surface area contributed by atoms with E-state index in [-0.39, 0.29) is 5.91 Å². The molecule has 0 spiro atoms. The Bertz CT molecular complexity index is 678. The van der Waals surface area contributed by atoms with Gasteiger partial charge in [-0.05, 0) is 44.5 Å². The minimum Gasteiger partial charge on any atom is -0.355 e. The predicted octanol–water partition coefficient (Wildman–Crippen LogP) is 3.07. The van der Waals surface area contributed by atoms with Crippen molar-refractivity contribution in [3.05, 3.63) is 41.0 Å². The molecular weight excluding hydrogens is 314 g/mol. The van der Waals surface area contributed by atoms with E-state index in [0.29, 0.717) is 22.4 Å². The summed E-state index contributed by atoms with van der Waals surface area (Å²) in [6.45, 7) is 2.54. The lowest BCUT2D eigenvalue weighted by Gasteiger charge is -2.31. The summed E-state index contributed by atoms with van der Waals surface area (Å²) in [6, 6.07) is 8.99. The molecule has 0 radical (unpaired) electrons. The topological polar surface area (TPSA) is 58.4 Å². The summed E-state index contributed by atoms with van der Waals surface area (Å²) in [5.41, 5.74) is 1.17. The second-order valence-corrected chi connectivity index (χ2v) is 6.32. The molecule has 5 nitrogen and oxygen atoms in total. The van der Waals surface area contributed by atoms with E-state index < -0.39 is 0 Å². The van der Waals surface area contributed by atoms with Gasteiger partial charge in [-0.15, -0.1) is 0 Å². The van der Waals surface area contributed by atoms with Crippen molar-refractivity contribution < 1.29 is 9.32 Å². The van der Waals surface area contributed by atoms with Crippen LogP contribution in [-0.2, 0) is 0 Å². The first-order valence-corrected chi connectivity index (χ1v) is 8.21. The highest BCUT2D eigenvalue weighted by Gasteiger charge is 2.25. The molecule has 2 aromatic rings. The third kappa shape index (κ3) is 3.74. The fraction of sp³-hybridized carbons (Fsp3) is 0.412. The Morgan fingerprint density at radius 1 is 1.39 bits per heavy atom. The number of carbonyl (C=O) groups is 1. The average Bonchev–Trinajstić information content (AvgIpc) is 3.05. The van der Waals surface area contributed by atoms with E-state index in [9.17, 15) is 4.79 Å². The lowest BCUT2D eigenvalue weighted by Crippen LogP contribution is -2.40. The van der Waals surface area contributed by atoms with Gasteiger partial charge in [0.1, 0.15) is 0 Å². The van der Waals surface area contributed by atoms with E-state index in [1.807, 2.05) is 24.1 Å². The van der Waals surface area contributed by atoms with Gasteiger partial charge in [-0.2, -0.15) is 0 Å². The maximum Gasteiger partial charge on any atom is 0.276 e. The highest BCUT2D eigenvalue weighted by atomic mass is 35.5. The zero-order valence-electron chi connectivity index (χ0n) is 13.1. The maximum absolute atomic E-state index is 12.5. The monoisotopic (exact) mass is 333 g/mol. The van der Waals surface area contributed by atoms with Gasteiger partial charge in [0.2, 0.25) is 0 Å². The highest BCUT2D eigenvalue weighted by Crippen LogP contribution is 2.25. The number of likely N-dealkylation sites (tertiary alicyclic amines) is 1. The van der Waals surface area contributed by atoms with Crippen LogP contribution in [0.2, 0.25) is 5.02 Å². The number of nitrogens with one attached hydrogen (secondary N) is 1. The van der Waals surface area contributed by atoms with E-state index in [1.54, 1.807) is 18.2 Å². The van der Waals surface area contributed by atoms with Crippen LogP contribution in [0.15, 0.2) is 34.9 Å². The molecule has 3 rings (SSSR count). The van der Waals surface area contributed by atoms with E-state index in [0.717, 1.165) is 38.0 Å². The Labute approximate surface area is 140 Å².